The van der Waals surface area contributed by atoms with Crippen LogP contribution in [0, 0.1) is 0 Å². The van der Waals surface area contributed by atoms with E-state index in [4.69, 9.17) is 0 Å². The van der Waals surface area contributed by atoms with Gasteiger partial charge in [-0.15, -0.1) is 0 Å². The van der Waals surface area contributed by atoms with Crippen molar-refractivity contribution in [3.05, 3.63) is 66.7 Å². The molecule has 0 amide bonds. The number of para-hydroxylation sites is 2. The van der Waals surface area contributed by atoms with E-state index < -0.39 is 22.7 Å². The van der Waals surface area contributed by atoms with Gasteiger partial charge in [0.05, 0.1) is 16.3 Å². The Kier molecular flexibility index (Phi) is 4.78. The Hall–Kier alpha value is -2.74. The highest BCUT2D eigenvalue weighted by atomic mass is 32.2. The first kappa shape index (κ1) is 18.1. The lowest BCUT2D eigenvalue weighted by atomic mass is 10.1. The molecule has 0 saturated carbocycles. The lowest BCUT2D eigenvalue weighted by Gasteiger charge is -2.15. The maximum atomic E-state index is 12.6. The van der Waals surface area contributed by atoms with Crippen LogP contribution >= 0.6 is 0 Å². The molecule has 4 nitrogen and oxygen atoms in total. The van der Waals surface area contributed by atoms with Crippen LogP contribution in [0.5, 0.6) is 0 Å². The minimum Gasteiger partial charge on any atom is -0.375 e. The Morgan fingerprint density at radius 3 is 2.12 bits per heavy atom. The van der Waals surface area contributed by atoms with Crippen LogP contribution in [0.2, 0.25) is 0 Å². The van der Waals surface area contributed by atoms with E-state index in [1.165, 1.54) is 36.4 Å². The molecule has 3 aromatic carbocycles. The van der Waals surface area contributed by atoms with Crippen molar-refractivity contribution in [3.63, 3.8) is 0 Å². The zero-order chi connectivity index (χ0) is 18.8. The summed E-state index contributed by atoms with van der Waals surface area (Å²) in [6, 6.07) is 17.8. The third-order valence-electron chi connectivity index (χ3n) is 3.68. The van der Waals surface area contributed by atoms with E-state index in [9.17, 15) is 21.6 Å². The van der Waals surface area contributed by atoms with E-state index in [0.29, 0.717) is 0 Å². The van der Waals surface area contributed by atoms with Crippen LogP contribution in [0.1, 0.15) is 0 Å². The van der Waals surface area contributed by atoms with E-state index in [0.717, 1.165) is 10.8 Å². The molecule has 0 atom stereocenters. The summed E-state index contributed by atoms with van der Waals surface area (Å²) in [5, 5.41) is 3.84. The van der Waals surface area contributed by atoms with E-state index in [1.807, 2.05) is 12.1 Å². The van der Waals surface area contributed by atoms with Crippen molar-refractivity contribution < 1.29 is 21.6 Å². The number of alkyl halides is 3. The maximum absolute atomic E-state index is 12.6. The summed E-state index contributed by atoms with van der Waals surface area (Å²) in [7, 11) is -3.95. The third-order valence-corrected chi connectivity index (χ3v) is 5.05. The predicted molar refractivity (Wildman–Crippen MR) is 95.7 cm³/mol. The Bertz CT molecular complexity index is 1030. The van der Waals surface area contributed by atoms with Gasteiger partial charge in [-0.1, -0.05) is 42.5 Å². The summed E-state index contributed by atoms with van der Waals surface area (Å²) < 4.78 is 64.9. The first-order valence-electron chi connectivity index (χ1n) is 7.66. The number of rotatable bonds is 5. The Morgan fingerprint density at radius 1 is 0.808 bits per heavy atom. The van der Waals surface area contributed by atoms with Crippen molar-refractivity contribution in [1.29, 1.82) is 0 Å². The average molecular weight is 380 g/mol. The largest absolute Gasteiger partial charge is 0.405 e. The van der Waals surface area contributed by atoms with Gasteiger partial charge in [-0.25, -0.2) is 8.42 Å². The summed E-state index contributed by atoms with van der Waals surface area (Å²) in [6.45, 7) is -1.26. The van der Waals surface area contributed by atoms with Crippen LogP contribution in [0.25, 0.3) is 10.8 Å². The van der Waals surface area contributed by atoms with Crippen molar-refractivity contribution in [3.8, 4) is 0 Å². The Morgan fingerprint density at radius 2 is 1.42 bits per heavy atom. The fraction of sp³-hybridized carbons (Fsp3) is 0.111. The van der Waals surface area contributed by atoms with Gasteiger partial charge >= 0.3 is 6.18 Å². The molecule has 0 fully saturated rings. The molecule has 0 aliphatic heterocycles. The van der Waals surface area contributed by atoms with Crippen molar-refractivity contribution in [2.24, 2.45) is 0 Å². The van der Waals surface area contributed by atoms with Crippen LogP contribution in [0.4, 0.5) is 24.5 Å². The minimum absolute atomic E-state index is 0.0295. The minimum atomic E-state index is -4.41. The fourth-order valence-electron chi connectivity index (χ4n) is 2.46. The standard InChI is InChI=1S/C18H15F3N2O2S/c19-18(20,21)12-22-16-7-3-4-8-17(16)23-26(24,25)15-10-9-13-5-1-2-6-14(13)11-15/h1-11,22-23H,12H2. The second kappa shape index (κ2) is 6.87. The zero-order valence-electron chi connectivity index (χ0n) is 13.4. The summed E-state index contributed by atoms with van der Waals surface area (Å²) in [5.74, 6) is 0. The highest BCUT2D eigenvalue weighted by Gasteiger charge is 2.27. The summed E-state index contributed by atoms with van der Waals surface area (Å²) >= 11 is 0. The summed E-state index contributed by atoms with van der Waals surface area (Å²) in [4.78, 5) is 0.0295. The molecule has 0 aliphatic rings. The second-order valence-electron chi connectivity index (χ2n) is 5.63. The van der Waals surface area contributed by atoms with Crippen molar-refractivity contribution in [1.82, 2.24) is 0 Å². The molecule has 0 saturated heterocycles. The molecule has 0 aromatic heterocycles. The van der Waals surface area contributed by atoms with Crippen LogP contribution in [-0.4, -0.2) is 21.1 Å². The smallest absolute Gasteiger partial charge is 0.375 e. The average Bonchev–Trinajstić information content (AvgIpc) is 2.59. The van der Waals surface area contributed by atoms with Crippen molar-refractivity contribution in [2.75, 3.05) is 16.6 Å². The van der Waals surface area contributed by atoms with Gasteiger partial charge in [0.25, 0.3) is 10.0 Å². The molecule has 0 bridgehead atoms. The van der Waals surface area contributed by atoms with Gasteiger partial charge in [0.1, 0.15) is 6.54 Å². The number of hydrogen-bond donors (Lipinski definition) is 2. The highest BCUT2D eigenvalue weighted by Crippen LogP contribution is 2.27. The number of nitrogens with one attached hydrogen (secondary N) is 2. The molecule has 8 heteroatoms. The lowest BCUT2D eigenvalue weighted by molar-refractivity contribution is -0.115. The molecule has 0 radical (unpaired) electrons. The van der Waals surface area contributed by atoms with Gasteiger partial charge in [0.2, 0.25) is 0 Å². The third kappa shape index (κ3) is 4.26. The van der Waals surface area contributed by atoms with E-state index in [2.05, 4.69) is 10.0 Å². The molecule has 2 N–H and O–H groups in total. The van der Waals surface area contributed by atoms with Crippen LogP contribution in [0.3, 0.4) is 0 Å². The number of fused-ring (bicyclic) bond motifs is 1. The van der Waals surface area contributed by atoms with Gasteiger partial charge < -0.3 is 5.32 Å². The molecule has 26 heavy (non-hydrogen) atoms. The molecular formula is C18H15F3N2O2S. The van der Waals surface area contributed by atoms with E-state index >= 15 is 0 Å². The number of hydrogen-bond acceptors (Lipinski definition) is 3. The highest BCUT2D eigenvalue weighted by molar-refractivity contribution is 7.92. The van der Waals surface area contributed by atoms with Crippen molar-refractivity contribution >= 4 is 32.2 Å². The van der Waals surface area contributed by atoms with Crippen LogP contribution < -0.4 is 10.0 Å². The molecule has 0 heterocycles. The quantitative estimate of drug-likeness (QED) is 0.679. The van der Waals surface area contributed by atoms with Crippen LogP contribution in [-0.2, 0) is 10.0 Å². The van der Waals surface area contributed by atoms with Gasteiger partial charge in [0, 0.05) is 0 Å². The topological polar surface area (TPSA) is 58.2 Å². The van der Waals surface area contributed by atoms with Gasteiger partial charge in [-0.05, 0) is 35.0 Å². The number of halogens is 3. The first-order chi connectivity index (χ1) is 12.2. The second-order valence-corrected chi connectivity index (χ2v) is 7.31. The van der Waals surface area contributed by atoms with Crippen molar-refractivity contribution in [2.45, 2.75) is 11.1 Å². The summed E-state index contributed by atoms with van der Waals surface area (Å²) in [6.07, 6.45) is -4.41. The van der Waals surface area contributed by atoms with Crippen LogP contribution in [0.15, 0.2) is 71.6 Å². The fourth-order valence-corrected chi connectivity index (χ4v) is 3.57. The molecule has 0 spiro atoms. The monoisotopic (exact) mass is 380 g/mol. The number of anilines is 2. The molecule has 0 aliphatic carbocycles. The van der Waals surface area contributed by atoms with E-state index in [1.54, 1.807) is 18.2 Å². The SMILES string of the molecule is O=S(=O)(Nc1ccccc1NCC(F)(F)F)c1ccc2ccccc2c1. The zero-order valence-corrected chi connectivity index (χ0v) is 14.2. The number of sulfonamides is 1. The Balaban J connectivity index is 1.89. The number of benzene rings is 3. The normalized spacial score (nSPS) is 12.1. The first-order valence-corrected chi connectivity index (χ1v) is 9.14. The maximum Gasteiger partial charge on any atom is 0.405 e. The molecule has 3 aromatic rings. The summed E-state index contributed by atoms with van der Waals surface area (Å²) in [5.41, 5.74) is 0.0964. The van der Waals surface area contributed by atoms with Gasteiger partial charge in [-0.2, -0.15) is 13.2 Å². The molecule has 3 rings (SSSR count). The molecule has 136 valence electrons. The molecular weight excluding hydrogens is 365 g/mol. The predicted octanol–water partition coefficient (Wildman–Crippen LogP) is 4.61. The molecule has 0 unspecified atom stereocenters. The lowest BCUT2D eigenvalue weighted by Crippen LogP contribution is -2.22. The Labute approximate surface area is 148 Å². The van der Waals surface area contributed by atoms with Gasteiger partial charge in [-0.3, -0.25) is 4.72 Å². The van der Waals surface area contributed by atoms with E-state index in [-0.39, 0.29) is 16.3 Å². The van der Waals surface area contributed by atoms with Gasteiger partial charge in [0.15, 0.2) is 0 Å².